The van der Waals surface area contributed by atoms with Crippen LogP contribution < -0.4 is 15.0 Å². The Morgan fingerprint density at radius 3 is 2.57 bits per heavy atom. The molecule has 1 aliphatic heterocycles. The Morgan fingerprint density at radius 1 is 1.11 bits per heavy atom. The fourth-order valence-electron chi connectivity index (χ4n) is 3.23. The Bertz CT molecular complexity index is 1050. The van der Waals surface area contributed by atoms with E-state index in [9.17, 15) is 14.9 Å². The summed E-state index contributed by atoms with van der Waals surface area (Å²) < 4.78 is 5.18. The molecule has 0 radical (unpaired) electrons. The van der Waals surface area contributed by atoms with E-state index in [4.69, 9.17) is 4.74 Å². The molecule has 1 amide bonds. The van der Waals surface area contributed by atoms with Gasteiger partial charge in [0, 0.05) is 18.0 Å². The van der Waals surface area contributed by atoms with Crippen LogP contribution in [0, 0.1) is 10.1 Å². The number of hydrogen-bond acceptors (Lipinski definition) is 6. The molecule has 2 heterocycles. The number of para-hydroxylation sites is 2. The monoisotopic (exact) mass is 376 g/mol. The zero-order valence-corrected chi connectivity index (χ0v) is 14.9. The molecule has 0 fully saturated rings. The van der Waals surface area contributed by atoms with Crippen LogP contribution in [0.1, 0.15) is 22.2 Å². The number of benzene rings is 2. The topological polar surface area (TPSA) is 97.6 Å². The number of anilines is 2. The molecule has 28 heavy (non-hydrogen) atoms. The highest BCUT2D eigenvalue weighted by Crippen LogP contribution is 2.38. The first-order valence-electron chi connectivity index (χ1n) is 8.52. The van der Waals surface area contributed by atoms with E-state index in [1.165, 1.54) is 11.0 Å². The molecular formula is C20H16N4O4. The van der Waals surface area contributed by atoms with Gasteiger partial charge in [0.15, 0.2) is 6.17 Å². The molecule has 8 heteroatoms. The Labute approximate surface area is 160 Å². The average molecular weight is 376 g/mol. The predicted molar refractivity (Wildman–Crippen MR) is 104 cm³/mol. The number of carbonyl (C=O) groups excluding carboxylic acids is 1. The molecule has 3 aromatic rings. The summed E-state index contributed by atoms with van der Waals surface area (Å²) in [5.41, 5.74) is 1.83. The number of nitro benzene ring substituents is 1. The smallest absolute Gasteiger partial charge is 0.292 e. The summed E-state index contributed by atoms with van der Waals surface area (Å²) >= 11 is 0. The maximum atomic E-state index is 13.1. The van der Waals surface area contributed by atoms with Gasteiger partial charge in [0.25, 0.3) is 11.6 Å². The molecule has 0 saturated heterocycles. The second-order valence-corrected chi connectivity index (χ2v) is 6.13. The van der Waals surface area contributed by atoms with Crippen molar-refractivity contribution in [2.45, 2.75) is 6.17 Å². The van der Waals surface area contributed by atoms with Crippen LogP contribution in [0.15, 0.2) is 66.9 Å². The lowest BCUT2D eigenvalue weighted by Gasteiger charge is -2.26. The first-order chi connectivity index (χ1) is 13.6. The minimum absolute atomic E-state index is 0.0750. The van der Waals surface area contributed by atoms with Gasteiger partial charge in [-0.2, -0.15) is 0 Å². The van der Waals surface area contributed by atoms with Crippen molar-refractivity contribution in [3.63, 3.8) is 0 Å². The summed E-state index contributed by atoms with van der Waals surface area (Å²) in [5, 5.41) is 14.5. The number of amides is 1. The van der Waals surface area contributed by atoms with Gasteiger partial charge in [0.1, 0.15) is 11.4 Å². The van der Waals surface area contributed by atoms with Crippen molar-refractivity contribution in [1.82, 2.24) is 4.98 Å². The number of methoxy groups -OCH3 is 1. The Kier molecular flexibility index (Phi) is 4.36. The summed E-state index contributed by atoms with van der Waals surface area (Å²) in [7, 11) is 1.56. The van der Waals surface area contributed by atoms with Crippen LogP contribution >= 0.6 is 0 Å². The molecule has 0 aliphatic carbocycles. The third-order valence-corrected chi connectivity index (χ3v) is 4.55. The lowest BCUT2D eigenvalue weighted by Crippen LogP contribution is -2.32. The van der Waals surface area contributed by atoms with Crippen LogP contribution in [0.3, 0.4) is 0 Å². The molecule has 8 nitrogen and oxygen atoms in total. The largest absolute Gasteiger partial charge is 0.497 e. The van der Waals surface area contributed by atoms with Gasteiger partial charge < -0.3 is 10.1 Å². The van der Waals surface area contributed by atoms with Gasteiger partial charge in [-0.25, -0.2) is 0 Å². The SMILES string of the molecule is COc1ccc(N2C(=O)c3cccnc3[C@H]2Nc2ccccc2[N+](=O)[O-])cc1. The van der Waals surface area contributed by atoms with E-state index in [0.29, 0.717) is 28.4 Å². The number of nitro groups is 1. The lowest BCUT2D eigenvalue weighted by molar-refractivity contribution is -0.384. The van der Waals surface area contributed by atoms with Crippen LogP contribution in [0.25, 0.3) is 0 Å². The maximum absolute atomic E-state index is 13.1. The Morgan fingerprint density at radius 2 is 1.86 bits per heavy atom. The van der Waals surface area contributed by atoms with E-state index >= 15 is 0 Å². The Hall–Kier alpha value is -3.94. The van der Waals surface area contributed by atoms with E-state index in [2.05, 4.69) is 10.3 Å². The summed E-state index contributed by atoms with van der Waals surface area (Å²) in [5.74, 6) is 0.429. The van der Waals surface area contributed by atoms with Crippen molar-refractivity contribution in [2.24, 2.45) is 0 Å². The third-order valence-electron chi connectivity index (χ3n) is 4.55. The van der Waals surface area contributed by atoms with E-state index in [-0.39, 0.29) is 11.6 Å². The average Bonchev–Trinajstić information content (AvgIpc) is 3.00. The van der Waals surface area contributed by atoms with Crippen molar-refractivity contribution in [2.75, 3.05) is 17.3 Å². The highest BCUT2D eigenvalue weighted by molar-refractivity contribution is 6.11. The molecule has 0 unspecified atom stereocenters. The van der Waals surface area contributed by atoms with Crippen molar-refractivity contribution in [3.8, 4) is 5.75 Å². The Balaban J connectivity index is 1.79. The van der Waals surface area contributed by atoms with E-state index in [0.717, 1.165) is 0 Å². The highest BCUT2D eigenvalue weighted by atomic mass is 16.6. The fraction of sp³-hybridized carbons (Fsp3) is 0.100. The number of fused-ring (bicyclic) bond motifs is 1. The second kappa shape index (κ2) is 6.99. The van der Waals surface area contributed by atoms with E-state index < -0.39 is 11.1 Å². The zero-order chi connectivity index (χ0) is 19.7. The van der Waals surface area contributed by atoms with E-state index in [1.54, 1.807) is 67.9 Å². The summed E-state index contributed by atoms with van der Waals surface area (Å²) in [4.78, 5) is 29.9. The number of pyridine rings is 1. The molecular weight excluding hydrogens is 360 g/mol. The summed E-state index contributed by atoms with van der Waals surface area (Å²) in [6, 6.07) is 16.7. The number of nitrogens with zero attached hydrogens (tertiary/aromatic N) is 3. The second-order valence-electron chi connectivity index (χ2n) is 6.13. The van der Waals surface area contributed by atoms with Gasteiger partial charge in [-0.1, -0.05) is 12.1 Å². The molecule has 1 atom stereocenters. The molecule has 140 valence electrons. The molecule has 4 rings (SSSR count). The van der Waals surface area contributed by atoms with E-state index in [1.807, 2.05) is 0 Å². The molecule has 1 aromatic heterocycles. The van der Waals surface area contributed by atoms with Crippen molar-refractivity contribution < 1.29 is 14.5 Å². The highest BCUT2D eigenvalue weighted by Gasteiger charge is 2.39. The number of nitrogens with one attached hydrogen (secondary N) is 1. The molecule has 1 aliphatic rings. The normalized spacial score (nSPS) is 15.2. The van der Waals surface area contributed by atoms with Gasteiger partial charge >= 0.3 is 0 Å². The lowest BCUT2D eigenvalue weighted by atomic mass is 10.2. The van der Waals surface area contributed by atoms with Gasteiger partial charge in [-0.05, 0) is 42.5 Å². The minimum atomic E-state index is -0.682. The van der Waals surface area contributed by atoms with Gasteiger partial charge in [-0.3, -0.25) is 24.8 Å². The van der Waals surface area contributed by atoms with Crippen molar-refractivity contribution >= 4 is 23.0 Å². The van der Waals surface area contributed by atoms with Crippen molar-refractivity contribution in [3.05, 3.63) is 88.2 Å². The molecule has 2 aromatic carbocycles. The summed E-state index contributed by atoms with van der Waals surface area (Å²) in [6.45, 7) is 0. The third kappa shape index (κ3) is 2.90. The van der Waals surface area contributed by atoms with Gasteiger partial charge in [0.05, 0.1) is 23.3 Å². The molecule has 0 spiro atoms. The quantitative estimate of drug-likeness (QED) is 0.538. The van der Waals surface area contributed by atoms with Crippen molar-refractivity contribution in [1.29, 1.82) is 0 Å². The molecule has 0 bridgehead atoms. The first-order valence-corrected chi connectivity index (χ1v) is 8.52. The summed E-state index contributed by atoms with van der Waals surface area (Å²) in [6.07, 6.45) is 0.913. The number of hydrogen-bond donors (Lipinski definition) is 1. The van der Waals surface area contributed by atoms with Crippen LogP contribution in [0.5, 0.6) is 5.75 Å². The number of ether oxygens (including phenoxy) is 1. The standard InChI is InChI=1S/C20H16N4O4/c1-28-14-10-8-13(9-11-14)23-19(18-15(20(23)25)5-4-12-21-18)22-16-6-2-3-7-17(16)24(26)27/h2-12,19,22H,1H3/t19-/m0/s1. The van der Waals surface area contributed by atoms with Gasteiger partial charge in [0.2, 0.25) is 0 Å². The number of carbonyl (C=O) groups is 1. The zero-order valence-electron chi connectivity index (χ0n) is 14.9. The van der Waals surface area contributed by atoms with Crippen LogP contribution in [-0.2, 0) is 0 Å². The maximum Gasteiger partial charge on any atom is 0.292 e. The fourth-order valence-corrected chi connectivity index (χ4v) is 3.23. The molecule has 0 saturated carbocycles. The van der Waals surface area contributed by atoms with Crippen LogP contribution in [0.4, 0.5) is 17.1 Å². The minimum Gasteiger partial charge on any atom is -0.497 e. The molecule has 1 N–H and O–H groups in total. The van der Waals surface area contributed by atoms with Crippen LogP contribution in [-0.4, -0.2) is 22.9 Å². The number of rotatable bonds is 5. The first kappa shape index (κ1) is 17.5. The van der Waals surface area contributed by atoms with Crippen LogP contribution in [0.2, 0.25) is 0 Å². The van der Waals surface area contributed by atoms with Gasteiger partial charge in [-0.15, -0.1) is 0 Å². The number of aromatic nitrogens is 1. The predicted octanol–water partition coefficient (Wildman–Crippen LogP) is 3.77.